The minimum Gasteiger partial charge on any atom is -0.354 e. The van der Waals surface area contributed by atoms with Crippen LogP contribution in [0.1, 0.15) is 40.0 Å². The summed E-state index contributed by atoms with van der Waals surface area (Å²) in [6.45, 7) is 1.93. The number of carbonyl (C=O) groups is 6. The number of amides is 6. The molecular weight excluding hydrogens is 418 g/mol. The van der Waals surface area contributed by atoms with Crippen molar-refractivity contribution in [2.45, 2.75) is 40.0 Å². The molecule has 0 aliphatic heterocycles. The summed E-state index contributed by atoms with van der Waals surface area (Å²) in [5.74, 6) is -4.06. The Morgan fingerprint density at radius 1 is 0.613 bits per heavy atom. The van der Waals surface area contributed by atoms with E-state index in [0.29, 0.717) is 15.2 Å². The predicted molar refractivity (Wildman–Crippen MR) is 101 cm³/mol. The van der Waals surface area contributed by atoms with Gasteiger partial charge in [-0.25, -0.2) is 15.2 Å². The molecular formula is C17H29N5O9. The Hall–Kier alpha value is -3.10. The molecule has 0 aliphatic rings. The van der Waals surface area contributed by atoms with Gasteiger partial charge in [0.2, 0.25) is 35.4 Å². The minimum absolute atomic E-state index is 0.146. The van der Waals surface area contributed by atoms with Gasteiger partial charge in [-0.1, -0.05) is 0 Å². The van der Waals surface area contributed by atoms with E-state index in [4.69, 9.17) is 0 Å². The summed E-state index contributed by atoms with van der Waals surface area (Å²) < 4.78 is 0. The van der Waals surface area contributed by atoms with Crippen molar-refractivity contribution in [3.05, 3.63) is 0 Å². The molecule has 0 spiro atoms. The zero-order valence-electron chi connectivity index (χ0n) is 17.7. The van der Waals surface area contributed by atoms with Crippen molar-refractivity contribution in [3.8, 4) is 0 Å². The van der Waals surface area contributed by atoms with E-state index in [2.05, 4.69) is 5.32 Å². The lowest BCUT2D eigenvalue weighted by molar-refractivity contribution is -0.165. The molecule has 0 radical (unpaired) electrons. The molecule has 0 unspecified atom stereocenters. The maximum absolute atomic E-state index is 12.4. The Balaban J connectivity index is 4.85. The maximum Gasteiger partial charge on any atom is 0.242 e. The van der Waals surface area contributed by atoms with Gasteiger partial charge in [0.15, 0.2) is 0 Å². The maximum atomic E-state index is 12.4. The van der Waals surface area contributed by atoms with Crippen LogP contribution in [0, 0.1) is 0 Å². The third-order valence-corrected chi connectivity index (χ3v) is 3.98. The molecule has 0 saturated carbocycles. The molecule has 0 fully saturated rings. The number of imide groups is 1. The average Bonchev–Trinajstić information content (AvgIpc) is 2.70. The first-order valence-electron chi connectivity index (χ1n) is 9.37. The molecule has 4 N–H and O–H groups in total. The van der Waals surface area contributed by atoms with E-state index in [-0.39, 0.29) is 52.0 Å². The summed E-state index contributed by atoms with van der Waals surface area (Å²) in [5.41, 5.74) is 0. The summed E-state index contributed by atoms with van der Waals surface area (Å²) in [7, 11) is 0. The molecule has 14 heteroatoms. The molecule has 0 aliphatic carbocycles. The van der Waals surface area contributed by atoms with Crippen LogP contribution < -0.4 is 5.32 Å². The highest BCUT2D eigenvalue weighted by Gasteiger charge is 2.23. The van der Waals surface area contributed by atoms with Gasteiger partial charge in [0.25, 0.3) is 0 Å². The molecule has 0 aromatic heterocycles. The van der Waals surface area contributed by atoms with Crippen LogP contribution >= 0.6 is 0 Å². The van der Waals surface area contributed by atoms with Crippen molar-refractivity contribution < 1.29 is 44.4 Å². The molecule has 6 amide bonds. The van der Waals surface area contributed by atoms with Crippen LogP contribution in [0.5, 0.6) is 0 Å². The fourth-order valence-corrected chi connectivity index (χ4v) is 2.14. The zero-order chi connectivity index (χ0) is 24.1. The highest BCUT2D eigenvalue weighted by molar-refractivity contribution is 5.95. The standard InChI is InChI=1S/C17H29N5O9/c1-12(23)20(29)8-4-15(26)18-7-11-19(16(27)5-9-21(30)13(2)24)17(28)6-10-22(31)14(3)25/h29-31H,4-11H2,1-3H3,(H,18,26). The van der Waals surface area contributed by atoms with Crippen molar-refractivity contribution >= 4 is 35.4 Å². The lowest BCUT2D eigenvalue weighted by Crippen LogP contribution is -2.44. The molecule has 0 aromatic rings. The van der Waals surface area contributed by atoms with Crippen molar-refractivity contribution in [2.75, 3.05) is 32.7 Å². The highest BCUT2D eigenvalue weighted by Crippen LogP contribution is 2.02. The number of hydroxylamine groups is 6. The number of carbonyl (C=O) groups excluding carboxylic acids is 6. The summed E-state index contributed by atoms with van der Waals surface area (Å²) in [6, 6.07) is 0. The van der Waals surface area contributed by atoms with E-state index in [9.17, 15) is 44.4 Å². The van der Waals surface area contributed by atoms with E-state index in [1.165, 1.54) is 0 Å². The van der Waals surface area contributed by atoms with Gasteiger partial charge in [0, 0.05) is 53.1 Å². The second-order valence-corrected chi connectivity index (χ2v) is 6.47. The lowest BCUT2D eigenvalue weighted by Gasteiger charge is -2.23. The molecule has 0 bridgehead atoms. The van der Waals surface area contributed by atoms with Crippen molar-refractivity contribution in [3.63, 3.8) is 0 Å². The second-order valence-electron chi connectivity index (χ2n) is 6.47. The van der Waals surface area contributed by atoms with E-state index < -0.39 is 35.4 Å². The van der Waals surface area contributed by atoms with Gasteiger partial charge in [-0.15, -0.1) is 0 Å². The van der Waals surface area contributed by atoms with Gasteiger partial charge in [-0.05, 0) is 0 Å². The first-order chi connectivity index (χ1) is 14.4. The third-order valence-electron chi connectivity index (χ3n) is 3.98. The minimum atomic E-state index is -0.745. The third kappa shape index (κ3) is 11.6. The van der Waals surface area contributed by atoms with Crippen LogP contribution in [0.4, 0.5) is 0 Å². The number of nitrogens with one attached hydrogen (secondary N) is 1. The van der Waals surface area contributed by atoms with Gasteiger partial charge >= 0.3 is 0 Å². The van der Waals surface area contributed by atoms with Gasteiger partial charge in [0.05, 0.1) is 19.6 Å². The Bertz CT molecular complexity index is 649. The van der Waals surface area contributed by atoms with Crippen LogP contribution in [-0.4, -0.2) is 104 Å². The molecule has 0 atom stereocenters. The van der Waals surface area contributed by atoms with Gasteiger partial charge < -0.3 is 5.32 Å². The Labute approximate surface area is 178 Å². The number of rotatable bonds is 12. The molecule has 0 rings (SSSR count). The van der Waals surface area contributed by atoms with Crippen LogP contribution in [-0.2, 0) is 28.8 Å². The van der Waals surface area contributed by atoms with E-state index in [1.54, 1.807) is 0 Å². The quantitative estimate of drug-likeness (QED) is 0.200. The Kier molecular flexibility index (Phi) is 12.6. The number of nitrogens with zero attached hydrogens (tertiary/aromatic N) is 4. The lowest BCUT2D eigenvalue weighted by atomic mass is 10.2. The first-order valence-corrected chi connectivity index (χ1v) is 9.37. The predicted octanol–water partition coefficient (Wildman–Crippen LogP) is -1.66. The second kappa shape index (κ2) is 14.0. The summed E-state index contributed by atoms with van der Waals surface area (Å²) in [5, 5.41) is 31.4. The summed E-state index contributed by atoms with van der Waals surface area (Å²) in [4.78, 5) is 70.2. The Morgan fingerprint density at radius 3 is 1.32 bits per heavy atom. The normalized spacial score (nSPS) is 10.1. The van der Waals surface area contributed by atoms with Crippen LogP contribution in [0.25, 0.3) is 0 Å². The topological polar surface area (TPSA) is 188 Å². The van der Waals surface area contributed by atoms with Crippen LogP contribution in [0.15, 0.2) is 0 Å². The van der Waals surface area contributed by atoms with E-state index in [1.807, 2.05) is 0 Å². The molecule has 176 valence electrons. The molecule has 14 nitrogen and oxygen atoms in total. The summed E-state index contributed by atoms with van der Waals surface area (Å²) >= 11 is 0. The van der Waals surface area contributed by atoms with Crippen LogP contribution in [0.3, 0.4) is 0 Å². The Morgan fingerprint density at radius 2 is 0.968 bits per heavy atom. The first kappa shape index (κ1) is 27.9. The van der Waals surface area contributed by atoms with E-state index in [0.717, 1.165) is 25.7 Å². The van der Waals surface area contributed by atoms with Crippen molar-refractivity contribution in [1.29, 1.82) is 0 Å². The van der Waals surface area contributed by atoms with Gasteiger partial charge in [0.1, 0.15) is 0 Å². The van der Waals surface area contributed by atoms with Crippen LogP contribution in [0.2, 0.25) is 0 Å². The molecule has 0 heterocycles. The van der Waals surface area contributed by atoms with Gasteiger partial charge in [-0.3, -0.25) is 49.3 Å². The molecule has 0 aromatic carbocycles. The highest BCUT2D eigenvalue weighted by atomic mass is 16.5. The number of hydrogen-bond acceptors (Lipinski definition) is 9. The molecule has 31 heavy (non-hydrogen) atoms. The summed E-state index contributed by atoms with van der Waals surface area (Å²) in [6.07, 6.45) is -0.985. The SMILES string of the molecule is CC(=O)N(O)CCC(=O)NCCN(C(=O)CCN(O)C(C)=O)C(=O)CCN(O)C(C)=O. The monoisotopic (exact) mass is 447 g/mol. The average molecular weight is 447 g/mol. The largest absolute Gasteiger partial charge is 0.354 e. The van der Waals surface area contributed by atoms with E-state index >= 15 is 0 Å². The zero-order valence-corrected chi connectivity index (χ0v) is 17.7. The smallest absolute Gasteiger partial charge is 0.242 e. The number of hydrogen-bond donors (Lipinski definition) is 4. The van der Waals surface area contributed by atoms with Gasteiger partial charge in [-0.2, -0.15) is 0 Å². The van der Waals surface area contributed by atoms with Crippen molar-refractivity contribution in [1.82, 2.24) is 25.4 Å². The van der Waals surface area contributed by atoms with Crippen molar-refractivity contribution in [2.24, 2.45) is 0 Å². The molecule has 0 saturated heterocycles. The fraction of sp³-hybridized carbons (Fsp3) is 0.647. The fourth-order valence-electron chi connectivity index (χ4n) is 2.14.